The molecule has 2 aromatic carbocycles. The van der Waals surface area contributed by atoms with Gasteiger partial charge in [0.15, 0.2) is 0 Å². The van der Waals surface area contributed by atoms with E-state index in [-0.39, 0.29) is 11.9 Å². The van der Waals surface area contributed by atoms with Crippen molar-refractivity contribution in [3.05, 3.63) is 76.0 Å². The van der Waals surface area contributed by atoms with Crippen LogP contribution in [0.5, 0.6) is 5.75 Å². The van der Waals surface area contributed by atoms with Crippen LogP contribution in [-0.4, -0.2) is 18.6 Å². The molecule has 6 nitrogen and oxygen atoms in total. The number of para-hydroxylation sites is 1. The minimum Gasteiger partial charge on any atom is -0.489 e. The zero-order valence-corrected chi connectivity index (χ0v) is 18.0. The number of benzene rings is 2. The summed E-state index contributed by atoms with van der Waals surface area (Å²) in [4.78, 5) is 25.0. The van der Waals surface area contributed by atoms with Gasteiger partial charge < -0.3 is 20.1 Å². The Bertz CT molecular complexity index is 954. The van der Waals surface area contributed by atoms with Gasteiger partial charge in [0.25, 0.3) is 0 Å². The second-order valence-electron chi connectivity index (χ2n) is 7.52. The highest BCUT2D eigenvalue weighted by atomic mass is 35.5. The van der Waals surface area contributed by atoms with E-state index in [0.29, 0.717) is 40.8 Å². The van der Waals surface area contributed by atoms with Crippen molar-refractivity contribution >= 4 is 23.6 Å². The van der Waals surface area contributed by atoms with Crippen LogP contribution >= 0.6 is 11.6 Å². The molecular formula is C23H25ClN2O4. The molecule has 7 heteroatoms. The average molecular weight is 429 g/mol. The second-order valence-corrected chi connectivity index (χ2v) is 7.95. The highest BCUT2D eigenvalue weighted by molar-refractivity contribution is 6.30. The normalized spacial score (nSPS) is 16.2. The lowest BCUT2D eigenvalue weighted by molar-refractivity contribution is -0.140. The number of allylic oxidation sites excluding steroid dienone is 1. The molecule has 2 N–H and O–H groups in total. The van der Waals surface area contributed by atoms with E-state index >= 15 is 0 Å². The molecule has 0 radical (unpaired) electrons. The van der Waals surface area contributed by atoms with Crippen LogP contribution in [0, 0.1) is 5.92 Å². The maximum absolute atomic E-state index is 12.8. The van der Waals surface area contributed by atoms with Gasteiger partial charge in [-0.25, -0.2) is 9.59 Å². The predicted octanol–water partition coefficient (Wildman–Crippen LogP) is 4.75. The lowest BCUT2D eigenvalue weighted by atomic mass is 9.95. The van der Waals surface area contributed by atoms with Gasteiger partial charge in [-0.05, 0) is 36.6 Å². The number of ether oxygens (including phenoxy) is 2. The van der Waals surface area contributed by atoms with E-state index in [1.54, 1.807) is 19.1 Å². The number of hydrogen-bond donors (Lipinski definition) is 2. The molecular weight excluding hydrogens is 404 g/mol. The molecule has 1 aliphatic rings. The lowest BCUT2D eigenvalue weighted by Crippen LogP contribution is -2.45. The first-order chi connectivity index (χ1) is 14.3. The molecule has 2 aromatic rings. The quantitative estimate of drug-likeness (QED) is 0.624. The summed E-state index contributed by atoms with van der Waals surface area (Å²) in [6, 6.07) is 13.6. The highest BCUT2D eigenvalue weighted by Gasteiger charge is 2.34. The number of hydrogen-bond acceptors (Lipinski definition) is 4. The van der Waals surface area contributed by atoms with Gasteiger partial charge in [0.2, 0.25) is 0 Å². The van der Waals surface area contributed by atoms with Crippen molar-refractivity contribution < 1.29 is 19.1 Å². The molecule has 1 heterocycles. The largest absolute Gasteiger partial charge is 0.489 e. The molecule has 158 valence electrons. The third-order valence-corrected chi connectivity index (χ3v) is 4.83. The minimum atomic E-state index is -0.681. The predicted molar refractivity (Wildman–Crippen MR) is 115 cm³/mol. The van der Waals surface area contributed by atoms with E-state index in [0.717, 1.165) is 5.56 Å². The summed E-state index contributed by atoms with van der Waals surface area (Å²) in [5, 5.41) is 6.13. The zero-order valence-electron chi connectivity index (χ0n) is 17.2. The number of rotatable bonds is 7. The van der Waals surface area contributed by atoms with E-state index in [9.17, 15) is 9.59 Å². The summed E-state index contributed by atoms with van der Waals surface area (Å²) in [7, 11) is 0. The van der Waals surface area contributed by atoms with Crippen LogP contribution < -0.4 is 15.4 Å². The number of urea groups is 1. The van der Waals surface area contributed by atoms with E-state index in [1.165, 1.54) is 0 Å². The average Bonchev–Trinajstić information content (AvgIpc) is 2.71. The van der Waals surface area contributed by atoms with Gasteiger partial charge >= 0.3 is 12.0 Å². The Labute approximate surface area is 181 Å². The summed E-state index contributed by atoms with van der Waals surface area (Å²) in [5.74, 6) is 0.308. The van der Waals surface area contributed by atoms with E-state index in [4.69, 9.17) is 21.1 Å². The molecule has 0 spiro atoms. The Morgan fingerprint density at radius 2 is 1.83 bits per heavy atom. The van der Waals surface area contributed by atoms with E-state index < -0.39 is 12.0 Å². The van der Waals surface area contributed by atoms with Crippen molar-refractivity contribution in [3.63, 3.8) is 0 Å². The molecule has 0 aliphatic carbocycles. The minimum absolute atomic E-state index is 0.203. The van der Waals surface area contributed by atoms with Crippen LogP contribution in [-0.2, 0) is 16.1 Å². The molecule has 2 amide bonds. The first-order valence-electron chi connectivity index (χ1n) is 9.76. The van der Waals surface area contributed by atoms with Gasteiger partial charge in [-0.3, -0.25) is 0 Å². The topological polar surface area (TPSA) is 76.7 Å². The molecule has 0 fully saturated rings. The standard InChI is InChI=1S/C23H25ClN2O4/c1-14(2)12-30-22(27)20-15(3)25-23(28)26-21(20)18-6-4-5-7-19(18)29-13-16-8-10-17(24)11-9-16/h4-11,14,21H,12-13H2,1-3H3,(H2,25,26,28). The summed E-state index contributed by atoms with van der Waals surface area (Å²) in [5.41, 5.74) is 2.45. The fourth-order valence-corrected chi connectivity index (χ4v) is 3.24. The summed E-state index contributed by atoms with van der Waals surface area (Å²) < 4.78 is 11.5. The number of nitrogens with one attached hydrogen (secondary N) is 2. The van der Waals surface area contributed by atoms with Gasteiger partial charge in [0, 0.05) is 16.3 Å². The zero-order chi connectivity index (χ0) is 21.7. The Hall–Kier alpha value is -2.99. The Kier molecular flexibility index (Phi) is 7.00. The van der Waals surface area contributed by atoms with Gasteiger partial charge in [-0.15, -0.1) is 0 Å². The van der Waals surface area contributed by atoms with Crippen molar-refractivity contribution in [1.29, 1.82) is 0 Å². The van der Waals surface area contributed by atoms with Gasteiger partial charge in [0.05, 0.1) is 18.2 Å². The number of esters is 1. The molecule has 1 aliphatic heterocycles. The van der Waals surface area contributed by atoms with E-state index in [2.05, 4.69) is 10.6 Å². The first-order valence-corrected chi connectivity index (χ1v) is 10.1. The molecule has 1 atom stereocenters. The maximum Gasteiger partial charge on any atom is 0.338 e. The summed E-state index contributed by atoms with van der Waals surface area (Å²) in [6.07, 6.45) is 0. The van der Waals surface area contributed by atoms with E-state index in [1.807, 2.05) is 50.2 Å². The smallest absolute Gasteiger partial charge is 0.338 e. The summed E-state index contributed by atoms with van der Waals surface area (Å²) >= 11 is 5.94. The van der Waals surface area contributed by atoms with Crippen LogP contribution in [0.2, 0.25) is 5.02 Å². The molecule has 1 unspecified atom stereocenters. The van der Waals surface area contributed by atoms with Gasteiger partial charge in [-0.1, -0.05) is 55.8 Å². The molecule has 30 heavy (non-hydrogen) atoms. The SMILES string of the molecule is CC1=C(C(=O)OCC(C)C)C(c2ccccc2OCc2ccc(Cl)cc2)NC(=O)N1. The van der Waals surface area contributed by atoms with Crippen LogP contribution in [0.3, 0.4) is 0 Å². The highest BCUT2D eigenvalue weighted by Crippen LogP contribution is 2.34. The number of carbonyl (C=O) groups excluding carboxylic acids is 2. The van der Waals surface area contributed by atoms with Crippen molar-refractivity contribution in [1.82, 2.24) is 10.6 Å². The fourth-order valence-electron chi connectivity index (χ4n) is 3.11. The molecule has 0 bridgehead atoms. The van der Waals surface area contributed by atoms with Gasteiger partial charge in [0.1, 0.15) is 12.4 Å². The van der Waals surface area contributed by atoms with Crippen LogP contribution in [0.1, 0.15) is 37.9 Å². The Morgan fingerprint density at radius 1 is 1.13 bits per heavy atom. The number of carbonyl (C=O) groups is 2. The molecule has 3 rings (SSSR count). The lowest BCUT2D eigenvalue weighted by Gasteiger charge is -2.29. The maximum atomic E-state index is 12.8. The van der Waals surface area contributed by atoms with Crippen LogP contribution in [0.25, 0.3) is 0 Å². The van der Waals surface area contributed by atoms with Crippen LogP contribution in [0.15, 0.2) is 59.8 Å². The fraction of sp³-hybridized carbons (Fsp3) is 0.304. The number of halogens is 1. The molecule has 0 saturated heterocycles. The van der Waals surface area contributed by atoms with Crippen molar-refractivity contribution in [2.24, 2.45) is 5.92 Å². The Balaban J connectivity index is 1.88. The van der Waals surface area contributed by atoms with Crippen molar-refractivity contribution in [2.75, 3.05) is 6.61 Å². The first kappa shape index (κ1) is 21.7. The monoisotopic (exact) mass is 428 g/mol. The summed E-state index contributed by atoms with van der Waals surface area (Å²) in [6.45, 7) is 6.24. The third kappa shape index (κ3) is 5.33. The third-order valence-electron chi connectivity index (χ3n) is 4.57. The second kappa shape index (κ2) is 9.67. The molecule has 0 aromatic heterocycles. The van der Waals surface area contributed by atoms with Crippen molar-refractivity contribution in [2.45, 2.75) is 33.4 Å². The number of amides is 2. The Morgan fingerprint density at radius 3 is 2.53 bits per heavy atom. The molecule has 0 saturated carbocycles. The van der Waals surface area contributed by atoms with Crippen LogP contribution in [0.4, 0.5) is 4.79 Å². The van der Waals surface area contributed by atoms with Gasteiger partial charge in [-0.2, -0.15) is 0 Å². The van der Waals surface area contributed by atoms with Crippen molar-refractivity contribution in [3.8, 4) is 5.75 Å².